The van der Waals surface area contributed by atoms with Crippen molar-refractivity contribution in [3.05, 3.63) is 29.6 Å². The zero-order valence-corrected chi connectivity index (χ0v) is 11.1. The van der Waals surface area contributed by atoms with E-state index in [1.165, 1.54) is 17.2 Å². The van der Waals surface area contributed by atoms with E-state index in [-0.39, 0.29) is 18.1 Å². The largest absolute Gasteiger partial charge is 0.409 e. The first-order chi connectivity index (χ1) is 9.35. The zero-order chi connectivity index (χ0) is 15.2. The molecule has 1 aromatic heterocycles. The Morgan fingerprint density at radius 1 is 1.50 bits per heavy atom. The van der Waals surface area contributed by atoms with E-state index in [9.17, 15) is 13.2 Å². The molecule has 0 saturated heterocycles. The SMILES string of the molecule is CCCN(Cc1ccnc(C(N)=NO)c1)CC(F)(F)F. The Balaban J connectivity index is 2.83. The van der Waals surface area contributed by atoms with E-state index in [0.29, 0.717) is 18.5 Å². The molecule has 0 fully saturated rings. The molecule has 5 nitrogen and oxygen atoms in total. The summed E-state index contributed by atoms with van der Waals surface area (Å²) in [6.45, 7) is 1.31. The fourth-order valence-electron chi connectivity index (χ4n) is 1.81. The van der Waals surface area contributed by atoms with Crippen LogP contribution in [0.1, 0.15) is 24.6 Å². The van der Waals surface area contributed by atoms with Crippen molar-refractivity contribution in [1.29, 1.82) is 0 Å². The van der Waals surface area contributed by atoms with Crippen LogP contribution in [0.5, 0.6) is 0 Å². The van der Waals surface area contributed by atoms with Gasteiger partial charge in [0, 0.05) is 12.7 Å². The van der Waals surface area contributed by atoms with Crippen LogP contribution >= 0.6 is 0 Å². The average Bonchev–Trinajstić information content (AvgIpc) is 2.36. The maximum atomic E-state index is 12.5. The van der Waals surface area contributed by atoms with Gasteiger partial charge in [-0.2, -0.15) is 13.2 Å². The lowest BCUT2D eigenvalue weighted by atomic mass is 10.2. The van der Waals surface area contributed by atoms with E-state index in [1.807, 2.05) is 6.92 Å². The third kappa shape index (κ3) is 5.43. The van der Waals surface area contributed by atoms with Crippen LogP contribution in [0.15, 0.2) is 23.5 Å². The Kier molecular flexibility index (Phi) is 5.75. The molecule has 3 N–H and O–H groups in total. The summed E-state index contributed by atoms with van der Waals surface area (Å²) in [6, 6.07) is 3.11. The fourth-order valence-corrected chi connectivity index (χ4v) is 1.81. The molecule has 112 valence electrons. The smallest absolute Gasteiger partial charge is 0.401 e. The predicted octanol–water partition coefficient (Wildman–Crippen LogP) is 1.95. The van der Waals surface area contributed by atoms with Crippen LogP contribution in [0.4, 0.5) is 13.2 Å². The molecular weight excluding hydrogens is 273 g/mol. The number of nitrogens with zero attached hydrogens (tertiary/aromatic N) is 3. The van der Waals surface area contributed by atoms with Gasteiger partial charge in [-0.25, -0.2) is 0 Å². The second-order valence-corrected chi connectivity index (χ2v) is 4.36. The Morgan fingerprint density at radius 2 is 2.20 bits per heavy atom. The lowest BCUT2D eigenvalue weighted by Gasteiger charge is -2.23. The summed E-state index contributed by atoms with van der Waals surface area (Å²) in [6.07, 6.45) is -2.20. The maximum absolute atomic E-state index is 12.5. The number of nitrogens with two attached hydrogens (primary N) is 1. The third-order valence-electron chi connectivity index (χ3n) is 2.54. The van der Waals surface area contributed by atoms with E-state index >= 15 is 0 Å². The molecule has 1 heterocycles. The van der Waals surface area contributed by atoms with Crippen molar-refractivity contribution < 1.29 is 18.4 Å². The number of pyridine rings is 1. The molecule has 0 aliphatic carbocycles. The highest BCUT2D eigenvalue weighted by atomic mass is 19.4. The van der Waals surface area contributed by atoms with Crippen molar-refractivity contribution in [2.24, 2.45) is 10.9 Å². The predicted molar refractivity (Wildman–Crippen MR) is 68.4 cm³/mol. The summed E-state index contributed by atoms with van der Waals surface area (Å²) < 4.78 is 37.4. The normalized spacial score (nSPS) is 12.9. The van der Waals surface area contributed by atoms with Crippen LogP contribution in [0.2, 0.25) is 0 Å². The van der Waals surface area contributed by atoms with E-state index in [4.69, 9.17) is 10.9 Å². The number of hydrogen-bond acceptors (Lipinski definition) is 4. The highest BCUT2D eigenvalue weighted by Crippen LogP contribution is 2.18. The molecule has 0 aliphatic heterocycles. The number of alkyl halides is 3. The fraction of sp³-hybridized carbons (Fsp3) is 0.500. The molecule has 1 aromatic rings. The Labute approximate surface area is 114 Å². The second kappa shape index (κ2) is 7.09. The molecule has 0 aliphatic rings. The number of amidine groups is 1. The molecule has 0 amide bonds. The number of hydrogen-bond donors (Lipinski definition) is 2. The standard InChI is InChI=1S/C12H17F3N4O/c1-2-5-19(8-12(13,14)15)7-9-3-4-17-10(6-9)11(16)18-20/h3-4,6,20H,2,5,7-8H2,1H3,(H2,16,18). The van der Waals surface area contributed by atoms with Crippen molar-refractivity contribution in [1.82, 2.24) is 9.88 Å². The van der Waals surface area contributed by atoms with Crippen molar-refractivity contribution >= 4 is 5.84 Å². The first-order valence-electron chi connectivity index (χ1n) is 6.07. The van der Waals surface area contributed by atoms with E-state index in [2.05, 4.69) is 10.1 Å². The Hall–Kier alpha value is -1.83. The lowest BCUT2D eigenvalue weighted by Crippen LogP contribution is -2.34. The molecule has 0 bridgehead atoms. The molecule has 0 radical (unpaired) electrons. The molecule has 20 heavy (non-hydrogen) atoms. The number of oxime groups is 1. The highest BCUT2D eigenvalue weighted by Gasteiger charge is 2.30. The molecular formula is C12H17F3N4O. The van der Waals surface area contributed by atoms with Crippen LogP contribution in [0.25, 0.3) is 0 Å². The van der Waals surface area contributed by atoms with Gasteiger partial charge in [-0.1, -0.05) is 12.1 Å². The summed E-state index contributed by atoms with van der Waals surface area (Å²) >= 11 is 0. The van der Waals surface area contributed by atoms with Gasteiger partial charge in [-0.15, -0.1) is 0 Å². The topological polar surface area (TPSA) is 74.7 Å². The zero-order valence-electron chi connectivity index (χ0n) is 11.1. The number of rotatable bonds is 6. The number of halogens is 3. The van der Waals surface area contributed by atoms with Crippen molar-refractivity contribution in [3.63, 3.8) is 0 Å². The average molecular weight is 290 g/mol. The van der Waals surface area contributed by atoms with Gasteiger partial charge in [-0.05, 0) is 30.7 Å². The molecule has 8 heteroatoms. The molecule has 0 saturated carbocycles. The maximum Gasteiger partial charge on any atom is 0.401 e. The van der Waals surface area contributed by atoms with Gasteiger partial charge in [0.05, 0.1) is 6.54 Å². The Morgan fingerprint density at radius 3 is 2.75 bits per heavy atom. The van der Waals surface area contributed by atoms with Gasteiger partial charge >= 0.3 is 6.18 Å². The van der Waals surface area contributed by atoms with Crippen molar-refractivity contribution in [2.75, 3.05) is 13.1 Å². The van der Waals surface area contributed by atoms with Gasteiger partial charge in [-0.3, -0.25) is 9.88 Å². The first-order valence-corrected chi connectivity index (χ1v) is 6.07. The van der Waals surface area contributed by atoms with E-state index in [1.54, 1.807) is 6.07 Å². The molecule has 1 rings (SSSR count). The summed E-state index contributed by atoms with van der Waals surface area (Å²) in [4.78, 5) is 5.18. The van der Waals surface area contributed by atoms with Crippen molar-refractivity contribution in [3.8, 4) is 0 Å². The van der Waals surface area contributed by atoms with E-state index < -0.39 is 12.7 Å². The monoisotopic (exact) mass is 290 g/mol. The van der Waals surface area contributed by atoms with Gasteiger partial charge in [0.15, 0.2) is 5.84 Å². The summed E-state index contributed by atoms with van der Waals surface area (Å²) in [5.74, 6) is -0.176. The van der Waals surface area contributed by atoms with E-state index in [0.717, 1.165) is 0 Å². The third-order valence-corrected chi connectivity index (χ3v) is 2.54. The van der Waals surface area contributed by atoms with Crippen LogP contribution in [-0.2, 0) is 6.54 Å². The van der Waals surface area contributed by atoms with Gasteiger partial charge in [0.1, 0.15) is 5.69 Å². The van der Waals surface area contributed by atoms with Crippen LogP contribution in [0.3, 0.4) is 0 Å². The lowest BCUT2D eigenvalue weighted by molar-refractivity contribution is -0.147. The minimum Gasteiger partial charge on any atom is -0.409 e. The van der Waals surface area contributed by atoms with Crippen LogP contribution < -0.4 is 5.73 Å². The van der Waals surface area contributed by atoms with Crippen LogP contribution in [-0.4, -0.2) is 40.2 Å². The second-order valence-electron chi connectivity index (χ2n) is 4.36. The minimum atomic E-state index is -4.24. The quantitative estimate of drug-likeness (QED) is 0.363. The molecule has 0 unspecified atom stereocenters. The summed E-state index contributed by atoms with van der Waals surface area (Å²) in [7, 11) is 0. The molecule has 0 spiro atoms. The molecule has 0 atom stereocenters. The van der Waals surface area contributed by atoms with Gasteiger partial charge < -0.3 is 10.9 Å². The molecule has 0 aromatic carbocycles. The summed E-state index contributed by atoms with van der Waals surface area (Å²) in [5.41, 5.74) is 6.25. The van der Waals surface area contributed by atoms with Gasteiger partial charge in [0.2, 0.25) is 0 Å². The minimum absolute atomic E-state index is 0.127. The highest BCUT2D eigenvalue weighted by molar-refractivity contribution is 5.95. The number of aromatic nitrogens is 1. The first kappa shape index (κ1) is 16.2. The van der Waals surface area contributed by atoms with Crippen molar-refractivity contribution in [2.45, 2.75) is 26.1 Å². The van der Waals surface area contributed by atoms with Crippen LogP contribution in [0, 0.1) is 0 Å². The summed E-state index contributed by atoms with van der Waals surface area (Å²) in [5, 5.41) is 11.4. The Bertz CT molecular complexity index is 462. The van der Waals surface area contributed by atoms with Gasteiger partial charge in [0.25, 0.3) is 0 Å².